The zero-order valence-corrected chi connectivity index (χ0v) is 19.4. The molecule has 32 heavy (non-hydrogen) atoms. The molecule has 4 atom stereocenters. The Bertz CT molecular complexity index is 807. The molecule has 0 saturated heterocycles. The average molecular weight is 439 g/mol. The zero-order valence-electron chi connectivity index (χ0n) is 19.4. The first-order valence-corrected chi connectivity index (χ1v) is 12.8. The number of hydrogen-bond donors (Lipinski definition) is 0. The molecule has 4 unspecified atom stereocenters. The number of hydrogen-bond acceptors (Lipinski definition) is 2. The molecule has 3 aliphatic rings. The van der Waals surface area contributed by atoms with Gasteiger partial charge in [-0.15, -0.1) is 13.2 Å². The molecule has 0 aromatic heterocycles. The van der Waals surface area contributed by atoms with E-state index in [0.717, 1.165) is 61.7 Å². The van der Waals surface area contributed by atoms with E-state index in [4.69, 9.17) is 4.74 Å². The number of allylic oxidation sites excluding steroid dienone is 2. The van der Waals surface area contributed by atoms with E-state index in [9.17, 15) is 9.18 Å². The quantitative estimate of drug-likeness (QED) is 0.248. The number of esters is 1. The lowest BCUT2D eigenvalue weighted by Gasteiger charge is -2.45. The summed E-state index contributed by atoms with van der Waals surface area (Å²) in [5, 5.41) is 0. The summed E-state index contributed by atoms with van der Waals surface area (Å²) in [5.74, 6) is 3.96. The number of ether oxygens (including phenoxy) is 1. The lowest BCUT2D eigenvalue weighted by Crippen LogP contribution is -2.35. The Morgan fingerprint density at radius 3 is 2.28 bits per heavy atom. The van der Waals surface area contributed by atoms with Crippen LogP contribution in [-0.2, 0) is 11.2 Å². The summed E-state index contributed by atoms with van der Waals surface area (Å²) >= 11 is 0. The highest BCUT2D eigenvalue weighted by atomic mass is 19.1. The van der Waals surface area contributed by atoms with Gasteiger partial charge in [0.2, 0.25) is 0 Å². The van der Waals surface area contributed by atoms with Crippen LogP contribution >= 0.6 is 0 Å². The Balaban J connectivity index is 1.24. The third-order valence-corrected chi connectivity index (χ3v) is 8.66. The van der Waals surface area contributed by atoms with Crippen molar-refractivity contribution in [1.29, 1.82) is 0 Å². The molecule has 0 N–H and O–H groups in total. The average Bonchev–Trinajstić information content (AvgIpc) is 2.83. The number of rotatable bonds is 7. The molecule has 4 rings (SSSR count). The molecule has 0 amide bonds. The Hall–Kier alpha value is -1.90. The molecular formula is C29H39FO2. The standard InChI is InChI=1S/C29H39FO2/c1-3-5-6-22-15-16-27(19-28(22)30)32-29(31)23-11-9-21(10-12-23)25-14-13-24-17-20(4-2)7-8-26(24)18-25/h3-4,15-16,19-21,23-26H,1-2,5-14,17-18H2. The highest BCUT2D eigenvalue weighted by molar-refractivity contribution is 5.75. The molecule has 0 bridgehead atoms. The van der Waals surface area contributed by atoms with Gasteiger partial charge in [-0.3, -0.25) is 4.79 Å². The van der Waals surface area contributed by atoms with Crippen LogP contribution < -0.4 is 4.74 Å². The fourth-order valence-electron chi connectivity index (χ4n) is 6.68. The molecule has 0 radical (unpaired) electrons. The van der Waals surface area contributed by atoms with Gasteiger partial charge in [0.15, 0.2) is 0 Å². The van der Waals surface area contributed by atoms with Crippen molar-refractivity contribution in [1.82, 2.24) is 0 Å². The molecule has 3 aliphatic carbocycles. The second-order valence-corrected chi connectivity index (χ2v) is 10.5. The second-order valence-electron chi connectivity index (χ2n) is 10.5. The topological polar surface area (TPSA) is 26.3 Å². The largest absolute Gasteiger partial charge is 0.426 e. The van der Waals surface area contributed by atoms with Gasteiger partial charge in [-0.1, -0.05) is 18.2 Å². The molecule has 0 spiro atoms. The lowest BCUT2D eigenvalue weighted by atomic mass is 9.61. The molecule has 2 nitrogen and oxygen atoms in total. The van der Waals surface area contributed by atoms with Crippen LogP contribution in [0.25, 0.3) is 0 Å². The van der Waals surface area contributed by atoms with Crippen LogP contribution in [0.5, 0.6) is 5.75 Å². The third kappa shape index (κ3) is 5.53. The van der Waals surface area contributed by atoms with Gasteiger partial charge in [0, 0.05) is 6.07 Å². The van der Waals surface area contributed by atoms with Crippen molar-refractivity contribution < 1.29 is 13.9 Å². The van der Waals surface area contributed by atoms with E-state index in [1.807, 2.05) is 0 Å². The first-order valence-electron chi connectivity index (χ1n) is 12.8. The molecule has 174 valence electrons. The number of aryl methyl sites for hydroxylation is 1. The van der Waals surface area contributed by atoms with E-state index in [-0.39, 0.29) is 17.7 Å². The molecule has 0 heterocycles. The lowest BCUT2D eigenvalue weighted by molar-refractivity contribution is -0.140. The fraction of sp³-hybridized carbons (Fsp3) is 0.621. The molecule has 3 fully saturated rings. The van der Waals surface area contributed by atoms with Crippen molar-refractivity contribution in [3.8, 4) is 5.75 Å². The molecule has 3 heteroatoms. The molecule has 1 aromatic carbocycles. The SMILES string of the molecule is C=CCCc1ccc(OC(=O)C2CCC(C3CCC4CC(C=C)CCC4C3)CC2)cc1F. The smallest absolute Gasteiger partial charge is 0.314 e. The number of benzene rings is 1. The minimum atomic E-state index is -0.307. The van der Waals surface area contributed by atoms with Crippen molar-refractivity contribution in [2.75, 3.05) is 0 Å². The van der Waals surface area contributed by atoms with E-state index in [1.54, 1.807) is 18.2 Å². The van der Waals surface area contributed by atoms with Crippen LogP contribution in [0.15, 0.2) is 43.5 Å². The van der Waals surface area contributed by atoms with E-state index < -0.39 is 0 Å². The minimum Gasteiger partial charge on any atom is -0.426 e. The maximum absolute atomic E-state index is 14.3. The van der Waals surface area contributed by atoms with Crippen LogP contribution in [-0.4, -0.2) is 5.97 Å². The van der Waals surface area contributed by atoms with Gasteiger partial charge < -0.3 is 4.74 Å². The van der Waals surface area contributed by atoms with Crippen molar-refractivity contribution >= 4 is 5.97 Å². The maximum Gasteiger partial charge on any atom is 0.314 e. The number of carbonyl (C=O) groups is 1. The monoisotopic (exact) mass is 438 g/mol. The van der Waals surface area contributed by atoms with E-state index >= 15 is 0 Å². The van der Waals surface area contributed by atoms with Gasteiger partial charge in [-0.25, -0.2) is 4.39 Å². The Morgan fingerprint density at radius 2 is 1.59 bits per heavy atom. The van der Waals surface area contributed by atoms with Crippen LogP contribution in [0.2, 0.25) is 0 Å². The minimum absolute atomic E-state index is 0.0471. The highest BCUT2D eigenvalue weighted by Gasteiger charge is 2.39. The van der Waals surface area contributed by atoms with Crippen molar-refractivity contribution in [3.63, 3.8) is 0 Å². The van der Waals surface area contributed by atoms with Gasteiger partial charge in [-0.05, 0) is 118 Å². The van der Waals surface area contributed by atoms with Gasteiger partial charge in [0.25, 0.3) is 0 Å². The van der Waals surface area contributed by atoms with Crippen LogP contribution in [0.1, 0.15) is 76.2 Å². The van der Waals surface area contributed by atoms with Crippen molar-refractivity contribution in [2.24, 2.45) is 35.5 Å². The normalized spacial score (nSPS) is 32.5. The Kier molecular flexibility index (Phi) is 7.86. The van der Waals surface area contributed by atoms with E-state index in [0.29, 0.717) is 17.7 Å². The molecule has 0 aliphatic heterocycles. The molecular weight excluding hydrogens is 399 g/mol. The Morgan fingerprint density at radius 1 is 0.938 bits per heavy atom. The van der Waals surface area contributed by atoms with E-state index in [2.05, 4.69) is 19.2 Å². The summed E-state index contributed by atoms with van der Waals surface area (Å²) in [4.78, 5) is 12.7. The third-order valence-electron chi connectivity index (χ3n) is 8.66. The van der Waals surface area contributed by atoms with Crippen LogP contribution in [0.4, 0.5) is 4.39 Å². The summed E-state index contributed by atoms with van der Waals surface area (Å²) < 4.78 is 19.8. The van der Waals surface area contributed by atoms with Crippen molar-refractivity contribution in [3.05, 3.63) is 54.9 Å². The molecule has 1 aromatic rings. The predicted molar refractivity (Wildman–Crippen MR) is 128 cm³/mol. The molecule has 3 saturated carbocycles. The second kappa shape index (κ2) is 10.8. The van der Waals surface area contributed by atoms with E-state index in [1.165, 1.54) is 44.6 Å². The highest BCUT2D eigenvalue weighted by Crippen LogP contribution is 2.49. The number of carbonyl (C=O) groups excluding carboxylic acids is 1. The predicted octanol–water partition coefficient (Wildman–Crippen LogP) is 7.67. The van der Waals surface area contributed by atoms with Gasteiger partial charge in [0.05, 0.1) is 5.92 Å². The van der Waals surface area contributed by atoms with Gasteiger partial charge in [-0.2, -0.15) is 0 Å². The number of fused-ring (bicyclic) bond motifs is 1. The summed E-state index contributed by atoms with van der Waals surface area (Å²) in [6, 6.07) is 4.78. The summed E-state index contributed by atoms with van der Waals surface area (Å²) in [5.41, 5.74) is 0.637. The van der Waals surface area contributed by atoms with Crippen molar-refractivity contribution in [2.45, 2.75) is 77.0 Å². The van der Waals surface area contributed by atoms with Crippen LogP contribution in [0, 0.1) is 41.3 Å². The maximum atomic E-state index is 14.3. The summed E-state index contributed by atoms with van der Waals surface area (Å²) in [7, 11) is 0. The van der Waals surface area contributed by atoms with Gasteiger partial charge in [0.1, 0.15) is 11.6 Å². The zero-order chi connectivity index (χ0) is 22.5. The van der Waals surface area contributed by atoms with Gasteiger partial charge >= 0.3 is 5.97 Å². The van der Waals surface area contributed by atoms with Crippen LogP contribution in [0.3, 0.4) is 0 Å². The first kappa shape index (κ1) is 23.3. The fourth-order valence-corrected chi connectivity index (χ4v) is 6.68. The first-order chi connectivity index (χ1) is 15.6. The summed E-state index contributed by atoms with van der Waals surface area (Å²) in [6.07, 6.45) is 17.6. The Labute approximate surface area is 193 Å². The summed E-state index contributed by atoms with van der Waals surface area (Å²) in [6.45, 7) is 7.69. The number of halogens is 1.